The summed E-state index contributed by atoms with van der Waals surface area (Å²) in [5.74, 6) is 1.59. The number of hydrogen-bond acceptors (Lipinski definition) is 4. The van der Waals surface area contributed by atoms with E-state index in [1.807, 2.05) is 55.5 Å². The van der Waals surface area contributed by atoms with Gasteiger partial charge in [0.2, 0.25) is 0 Å². The fourth-order valence-electron chi connectivity index (χ4n) is 2.53. The van der Waals surface area contributed by atoms with Gasteiger partial charge in [-0.1, -0.05) is 36.4 Å². The van der Waals surface area contributed by atoms with Gasteiger partial charge < -0.3 is 19.9 Å². The van der Waals surface area contributed by atoms with E-state index in [-0.39, 0.29) is 18.4 Å². The molecule has 1 aliphatic rings. The molecule has 0 fully saturated rings. The van der Waals surface area contributed by atoms with Crippen molar-refractivity contribution in [2.45, 2.75) is 25.6 Å². The Kier molecular flexibility index (Phi) is 6.28. The normalized spacial score (nSPS) is 15.4. The quantitative estimate of drug-likeness (QED) is 0.881. The lowest BCUT2D eigenvalue weighted by atomic mass is 10.0. The largest absolute Gasteiger partial charge is 0.486 e. The molecule has 0 aliphatic carbocycles. The zero-order valence-corrected chi connectivity index (χ0v) is 13.9. The standard InChI is InChI=1S/C18H21NO3.ClH/c1-13(18(20)15-5-3-2-4-6-15)19-12-14-7-8-16-17(11-14)22-10-9-21-16;/h2-8,11,13,18-20H,9-10,12H2,1H3;1H. The Bertz CT molecular complexity index is 621. The topological polar surface area (TPSA) is 50.7 Å². The summed E-state index contributed by atoms with van der Waals surface area (Å²) in [6.45, 7) is 3.84. The highest BCUT2D eigenvalue weighted by Crippen LogP contribution is 2.30. The van der Waals surface area contributed by atoms with E-state index in [1.165, 1.54) is 0 Å². The van der Waals surface area contributed by atoms with E-state index in [0.717, 1.165) is 22.6 Å². The minimum Gasteiger partial charge on any atom is -0.486 e. The second-order valence-electron chi connectivity index (χ2n) is 5.50. The third-order valence-electron chi connectivity index (χ3n) is 3.85. The molecule has 2 N–H and O–H groups in total. The molecule has 2 aromatic carbocycles. The van der Waals surface area contributed by atoms with Crippen LogP contribution in [0.2, 0.25) is 0 Å². The lowest BCUT2D eigenvalue weighted by Gasteiger charge is -2.22. The first kappa shape index (κ1) is 17.6. The van der Waals surface area contributed by atoms with Gasteiger partial charge in [0, 0.05) is 12.6 Å². The van der Waals surface area contributed by atoms with Gasteiger partial charge in [-0.3, -0.25) is 0 Å². The van der Waals surface area contributed by atoms with Crippen LogP contribution >= 0.6 is 12.4 Å². The number of hydrogen-bond donors (Lipinski definition) is 2. The summed E-state index contributed by atoms with van der Waals surface area (Å²) < 4.78 is 11.1. The van der Waals surface area contributed by atoms with E-state index in [1.54, 1.807) is 0 Å². The van der Waals surface area contributed by atoms with Gasteiger partial charge >= 0.3 is 0 Å². The minimum absolute atomic E-state index is 0. The third-order valence-corrected chi connectivity index (χ3v) is 3.85. The Morgan fingerprint density at radius 1 is 1.04 bits per heavy atom. The zero-order chi connectivity index (χ0) is 15.4. The molecular formula is C18H22ClNO3. The predicted molar refractivity (Wildman–Crippen MR) is 92.4 cm³/mol. The summed E-state index contributed by atoms with van der Waals surface area (Å²) in [4.78, 5) is 0. The summed E-state index contributed by atoms with van der Waals surface area (Å²) in [6.07, 6.45) is -0.529. The molecule has 0 amide bonds. The second kappa shape index (κ2) is 8.20. The number of benzene rings is 2. The Morgan fingerprint density at radius 2 is 1.74 bits per heavy atom. The van der Waals surface area contributed by atoms with Crippen molar-refractivity contribution in [3.63, 3.8) is 0 Å². The van der Waals surface area contributed by atoms with Crippen LogP contribution in [0, 0.1) is 0 Å². The van der Waals surface area contributed by atoms with E-state index in [4.69, 9.17) is 9.47 Å². The summed E-state index contributed by atoms with van der Waals surface area (Å²) in [5.41, 5.74) is 2.03. The fraction of sp³-hybridized carbons (Fsp3) is 0.333. The Labute approximate surface area is 142 Å². The average molecular weight is 336 g/mol. The van der Waals surface area contributed by atoms with E-state index >= 15 is 0 Å². The lowest BCUT2D eigenvalue weighted by molar-refractivity contribution is 0.135. The number of aliphatic hydroxyl groups excluding tert-OH is 1. The van der Waals surface area contributed by atoms with Gasteiger partial charge in [0.1, 0.15) is 13.2 Å². The molecule has 2 unspecified atom stereocenters. The number of aliphatic hydroxyl groups is 1. The first-order valence-corrected chi connectivity index (χ1v) is 7.59. The number of nitrogens with one attached hydrogen (secondary N) is 1. The molecule has 124 valence electrons. The molecule has 2 atom stereocenters. The van der Waals surface area contributed by atoms with Crippen LogP contribution < -0.4 is 14.8 Å². The predicted octanol–water partition coefficient (Wildman–Crippen LogP) is 3.09. The average Bonchev–Trinajstić information content (AvgIpc) is 2.59. The molecule has 23 heavy (non-hydrogen) atoms. The van der Waals surface area contributed by atoms with Crippen LogP contribution in [-0.2, 0) is 6.54 Å². The van der Waals surface area contributed by atoms with Gasteiger partial charge in [-0.05, 0) is 30.2 Å². The lowest BCUT2D eigenvalue weighted by Crippen LogP contribution is -2.31. The molecule has 3 rings (SSSR count). The van der Waals surface area contributed by atoms with Crippen molar-refractivity contribution in [1.29, 1.82) is 0 Å². The molecule has 1 heterocycles. The molecule has 2 aromatic rings. The molecule has 0 saturated heterocycles. The van der Waals surface area contributed by atoms with Gasteiger partial charge in [-0.2, -0.15) is 0 Å². The molecule has 0 aromatic heterocycles. The van der Waals surface area contributed by atoms with Crippen molar-refractivity contribution in [3.05, 3.63) is 59.7 Å². The molecule has 0 radical (unpaired) electrons. The first-order valence-electron chi connectivity index (χ1n) is 7.59. The molecule has 0 spiro atoms. The Morgan fingerprint density at radius 3 is 2.48 bits per heavy atom. The van der Waals surface area contributed by atoms with Gasteiger partial charge in [-0.25, -0.2) is 0 Å². The molecule has 0 bridgehead atoms. The van der Waals surface area contributed by atoms with Gasteiger partial charge in [0.15, 0.2) is 11.5 Å². The Hall–Kier alpha value is -1.75. The molecule has 5 heteroatoms. The molecular weight excluding hydrogens is 314 g/mol. The molecule has 1 aliphatic heterocycles. The van der Waals surface area contributed by atoms with E-state index in [9.17, 15) is 5.11 Å². The number of rotatable bonds is 5. The number of ether oxygens (including phenoxy) is 2. The van der Waals surface area contributed by atoms with E-state index in [0.29, 0.717) is 19.8 Å². The van der Waals surface area contributed by atoms with Gasteiger partial charge in [0.05, 0.1) is 6.10 Å². The maximum atomic E-state index is 10.4. The van der Waals surface area contributed by atoms with E-state index in [2.05, 4.69) is 5.32 Å². The summed E-state index contributed by atoms with van der Waals surface area (Å²) in [5, 5.41) is 13.7. The highest BCUT2D eigenvalue weighted by Gasteiger charge is 2.16. The van der Waals surface area contributed by atoms with Crippen LogP contribution in [0.15, 0.2) is 48.5 Å². The fourth-order valence-corrected chi connectivity index (χ4v) is 2.53. The van der Waals surface area contributed by atoms with Crippen molar-refractivity contribution in [2.75, 3.05) is 13.2 Å². The van der Waals surface area contributed by atoms with Crippen molar-refractivity contribution in [2.24, 2.45) is 0 Å². The van der Waals surface area contributed by atoms with Crippen LogP contribution in [0.5, 0.6) is 11.5 Å². The molecule has 0 saturated carbocycles. The maximum absolute atomic E-state index is 10.4. The first-order chi connectivity index (χ1) is 10.7. The third kappa shape index (κ3) is 4.38. The Balaban J connectivity index is 0.00000192. The van der Waals surface area contributed by atoms with Crippen molar-refractivity contribution in [3.8, 4) is 11.5 Å². The summed E-state index contributed by atoms with van der Waals surface area (Å²) in [7, 11) is 0. The number of halogens is 1. The highest BCUT2D eigenvalue weighted by atomic mass is 35.5. The summed E-state index contributed by atoms with van der Waals surface area (Å²) in [6, 6.07) is 15.6. The maximum Gasteiger partial charge on any atom is 0.161 e. The van der Waals surface area contributed by atoms with Crippen LogP contribution in [0.1, 0.15) is 24.2 Å². The minimum atomic E-state index is -0.529. The van der Waals surface area contributed by atoms with Crippen molar-refractivity contribution < 1.29 is 14.6 Å². The van der Waals surface area contributed by atoms with E-state index < -0.39 is 6.10 Å². The van der Waals surface area contributed by atoms with Crippen LogP contribution in [0.3, 0.4) is 0 Å². The van der Waals surface area contributed by atoms with Crippen molar-refractivity contribution in [1.82, 2.24) is 5.32 Å². The van der Waals surface area contributed by atoms with Crippen LogP contribution in [0.4, 0.5) is 0 Å². The smallest absolute Gasteiger partial charge is 0.161 e. The highest BCUT2D eigenvalue weighted by molar-refractivity contribution is 5.85. The SMILES string of the molecule is CC(NCc1ccc2c(c1)OCCO2)C(O)c1ccccc1.Cl. The van der Waals surface area contributed by atoms with Crippen LogP contribution in [0.25, 0.3) is 0 Å². The van der Waals surface area contributed by atoms with Gasteiger partial charge in [0.25, 0.3) is 0 Å². The zero-order valence-electron chi connectivity index (χ0n) is 13.1. The van der Waals surface area contributed by atoms with Crippen molar-refractivity contribution >= 4 is 12.4 Å². The van der Waals surface area contributed by atoms with Crippen LogP contribution in [-0.4, -0.2) is 24.4 Å². The monoisotopic (exact) mass is 335 g/mol. The number of fused-ring (bicyclic) bond motifs is 1. The molecule has 4 nitrogen and oxygen atoms in total. The van der Waals surface area contributed by atoms with Gasteiger partial charge in [-0.15, -0.1) is 12.4 Å². The summed E-state index contributed by atoms with van der Waals surface area (Å²) >= 11 is 0. The second-order valence-corrected chi connectivity index (χ2v) is 5.50.